The smallest absolute Gasteiger partial charge is 0.240 e. The predicted molar refractivity (Wildman–Crippen MR) is 103 cm³/mol. The Morgan fingerprint density at radius 1 is 1.04 bits per heavy atom. The molecule has 1 fully saturated rings. The fraction of sp³-hybridized carbons (Fsp3) is 0.611. The van der Waals surface area contributed by atoms with E-state index in [9.17, 15) is 13.2 Å². The number of rotatable bonds is 9. The minimum Gasteiger partial charge on any atom is -0.353 e. The SMILES string of the molecule is O=C(CCCCCNS(=O)(=O)c1ccc(Br)cc1)NC1CCCCC1. The van der Waals surface area contributed by atoms with Gasteiger partial charge in [0, 0.05) is 23.5 Å². The van der Waals surface area contributed by atoms with Crippen molar-refractivity contribution in [1.29, 1.82) is 0 Å². The van der Waals surface area contributed by atoms with Gasteiger partial charge < -0.3 is 5.32 Å². The Morgan fingerprint density at radius 2 is 1.72 bits per heavy atom. The zero-order chi connectivity index (χ0) is 18.1. The maximum Gasteiger partial charge on any atom is 0.240 e. The van der Waals surface area contributed by atoms with Crippen LogP contribution in [0, 0.1) is 0 Å². The highest BCUT2D eigenvalue weighted by Crippen LogP contribution is 2.17. The lowest BCUT2D eigenvalue weighted by atomic mass is 9.95. The second-order valence-corrected chi connectivity index (χ2v) is 9.25. The number of carbonyl (C=O) groups is 1. The van der Waals surface area contributed by atoms with Crippen LogP contribution in [0.4, 0.5) is 0 Å². The number of nitrogens with one attached hydrogen (secondary N) is 2. The summed E-state index contributed by atoms with van der Waals surface area (Å²) in [4.78, 5) is 12.2. The van der Waals surface area contributed by atoms with E-state index in [1.54, 1.807) is 24.3 Å². The second kappa shape index (κ2) is 10.3. The van der Waals surface area contributed by atoms with Crippen molar-refractivity contribution in [2.24, 2.45) is 0 Å². The summed E-state index contributed by atoms with van der Waals surface area (Å²) in [7, 11) is -3.45. The van der Waals surface area contributed by atoms with Gasteiger partial charge in [-0.25, -0.2) is 13.1 Å². The predicted octanol–water partition coefficient (Wildman–Crippen LogP) is 3.74. The van der Waals surface area contributed by atoms with Crippen molar-refractivity contribution < 1.29 is 13.2 Å². The Bertz CT molecular complexity index is 641. The molecule has 1 aliphatic carbocycles. The molecule has 5 nitrogen and oxygen atoms in total. The van der Waals surface area contributed by atoms with Crippen LogP contribution in [0.3, 0.4) is 0 Å². The number of amides is 1. The number of halogens is 1. The van der Waals surface area contributed by atoms with Crippen LogP contribution < -0.4 is 10.0 Å². The van der Waals surface area contributed by atoms with Crippen LogP contribution in [0.25, 0.3) is 0 Å². The monoisotopic (exact) mass is 430 g/mol. The number of sulfonamides is 1. The maximum absolute atomic E-state index is 12.1. The molecule has 1 saturated carbocycles. The lowest BCUT2D eigenvalue weighted by molar-refractivity contribution is -0.122. The maximum atomic E-state index is 12.1. The van der Waals surface area contributed by atoms with Crippen LogP contribution in [-0.2, 0) is 14.8 Å². The van der Waals surface area contributed by atoms with Crippen molar-refractivity contribution in [3.63, 3.8) is 0 Å². The third-order valence-corrected chi connectivity index (χ3v) is 6.47. The Kier molecular flexibility index (Phi) is 8.39. The summed E-state index contributed by atoms with van der Waals surface area (Å²) in [5, 5.41) is 3.11. The topological polar surface area (TPSA) is 75.3 Å². The van der Waals surface area contributed by atoms with Crippen LogP contribution in [0.15, 0.2) is 33.6 Å². The first-order valence-corrected chi connectivity index (χ1v) is 11.3. The van der Waals surface area contributed by atoms with E-state index in [0.717, 1.165) is 36.6 Å². The van der Waals surface area contributed by atoms with Gasteiger partial charge in [-0.15, -0.1) is 0 Å². The first kappa shape index (κ1) is 20.4. The zero-order valence-electron chi connectivity index (χ0n) is 14.5. The molecule has 0 aromatic heterocycles. The molecule has 0 bridgehead atoms. The van der Waals surface area contributed by atoms with Gasteiger partial charge in [-0.1, -0.05) is 41.6 Å². The van der Waals surface area contributed by atoms with Gasteiger partial charge in [0.05, 0.1) is 4.90 Å². The Labute approximate surface area is 159 Å². The molecule has 1 aliphatic rings. The number of carbonyl (C=O) groups excluding carboxylic acids is 1. The average Bonchev–Trinajstić information content (AvgIpc) is 2.59. The van der Waals surface area contributed by atoms with Crippen molar-refractivity contribution in [2.75, 3.05) is 6.54 Å². The number of unbranched alkanes of at least 4 members (excludes halogenated alkanes) is 2. The standard InChI is InChI=1S/C18H27BrN2O3S/c19-15-10-12-17(13-11-15)25(23,24)20-14-6-2-5-9-18(22)21-16-7-3-1-4-8-16/h10-13,16,20H,1-9,14H2,(H,21,22). The lowest BCUT2D eigenvalue weighted by Gasteiger charge is -2.22. The number of benzene rings is 1. The number of hydrogen-bond donors (Lipinski definition) is 2. The molecule has 1 aromatic carbocycles. The molecule has 0 radical (unpaired) electrons. The van der Waals surface area contributed by atoms with Crippen molar-refractivity contribution >= 4 is 31.9 Å². The fourth-order valence-electron chi connectivity index (χ4n) is 3.04. The molecule has 2 rings (SSSR count). The van der Waals surface area contributed by atoms with Crippen molar-refractivity contribution in [1.82, 2.24) is 10.0 Å². The third-order valence-electron chi connectivity index (χ3n) is 4.47. The summed E-state index contributed by atoms with van der Waals surface area (Å²) >= 11 is 3.29. The molecule has 140 valence electrons. The van der Waals surface area contributed by atoms with Crippen LogP contribution >= 0.6 is 15.9 Å². The quantitative estimate of drug-likeness (QED) is 0.585. The fourth-order valence-corrected chi connectivity index (χ4v) is 4.38. The van der Waals surface area contributed by atoms with Crippen LogP contribution in [0.5, 0.6) is 0 Å². The van der Waals surface area contributed by atoms with E-state index in [4.69, 9.17) is 0 Å². The Hall–Kier alpha value is -0.920. The first-order valence-electron chi connectivity index (χ1n) is 9.02. The molecule has 0 unspecified atom stereocenters. The van der Waals surface area contributed by atoms with E-state index in [2.05, 4.69) is 26.0 Å². The van der Waals surface area contributed by atoms with Gasteiger partial charge in [-0.05, 0) is 49.9 Å². The molecule has 0 aliphatic heterocycles. The summed E-state index contributed by atoms with van der Waals surface area (Å²) in [6, 6.07) is 6.92. The van der Waals surface area contributed by atoms with E-state index < -0.39 is 10.0 Å². The molecule has 1 aromatic rings. The van der Waals surface area contributed by atoms with Crippen LogP contribution in [-0.4, -0.2) is 26.9 Å². The summed E-state index contributed by atoms with van der Waals surface area (Å²) in [5.74, 6) is 0.127. The van der Waals surface area contributed by atoms with Crippen molar-refractivity contribution in [3.05, 3.63) is 28.7 Å². The largest absolute Gasteiger partial charge is 0.353 e. The third kappa shape index (κ3) is 7.46. The van der Waals surface area contributed by atoms with E-state index in [1.165, 1.54) is 19.3 Å². The van der Waals surface area contributed by atoms with Crippen LogP contribution in [0.2, 0.25) is 0 Å². The minimum absolute atomic E-state index is 0.127. The lowest BCUT2D eigenvalue weighted by Crippen LogP contribution is -2.35. The van der Waals surface area contributed by atoms with Crippen LogP contribution in [0.1, 0.15) is 57.8 Å². The molecule has 25 heavy (non-hydrogen) atoms. The van der Waals surface area contributed by atoms with Gasteiger partial charge in [-0.2, -0.15) is 0 Å². The van der Waals surface area contributed by atoms with Gasteiger partial charge in [0.2, 0.25) is 15.9 Å². The molecule has 0 saturated heterocycles. The van der Waals surface area contributed by atoms with E-state index in [0.29, 0.717) is 19.0 Å². The Morgan fingerprint density at radius 3 is 2.40 bits per heavy atom. The summed E-state index contributed by atoms with van der Waals surface area (Å²) in [6.45, 7) is 0.392. The average molecular weight is 431 g/mol. The molecule has 7 heteroatoms. The highest BCUT2D eigenvalue weighted by Gasteiger charge is 2.15. The highest BCUT2D eigenvalue weighted by molar-refractivity contribution is 9.10. The van der Waals surface area contributed by atoms with Crippen molar-refractivity contribution in [3.8, 4) is 0 Å². The molecule has 0 heterocycles. The molecule has 0 atom stereocenters. The summed E-state index contributed by atoms with van der Waals surface area (Å²) in [6.07, 6.45) is 8.78. The second-order valence-electron chi connectivity index (χ2n) is 6.56. The number of hydrogen-bond acceptors (Lipinski definition) is 3. The van der Waals surface area contributed by atoms with Gasteiger partial charge in [0.25, 0.3) is 0 Å². The molecule has 0 spiro atoms. The minimum atomic E-state index is -3.45. The molecule has 1 amide bonds. The van der Waals surface area contributed by atoms with Gasteiger partial charge in [0.1, 0.15) is 0 Å². The normalized spacial score (nSPS) is 15.9. The van der Waals surface area contributed by atoms with E-state index in [1.807, 2.05) is 0 Å². The van der Waals surface area contributed by atoms with E-state index >= 15 is 0 Å². The van der Waals surface area contributed by atoms with Gasteiger partial charge >= 0.3 is 0 Å². The highest BCUT2D eigenvalue weighted by atomic mass is 79.9. The Balaban J connectivity index is 1.58. The molecular formula is C18H27BrN2O3S. The zero-order valence-corrected chi connectivity index (χ0v) is 16.9. The van der Waals surface area contributed by atoms with Gasteiger partial charge in [0.15, 0.2) is 0 Å². The molecule has 2 N–H and O–H groups in total. The van der Waals surface area contributed by atoms with Crippen molar-refractivity contribution in [2.45, 2.75) is 68.7 Å². The first-order chi connectivity index (χ1) is 12.0. The summed E-state index contributed by atoms with van der Waals surface area (Å²) in [5.41, 5.74) is 0. The van der Waals surface area contributed by atoms with Gasteiger partial charge in [-0.3, -0.25) is 4.79 Å². The molecular weight excluding hydrogens is 404 g/mol. The van der Waals surface area contributed by atoms with E-state index in [-0.39, 0.29) is 10.8 Å². The summed E-state index contributed by atoms with van der Waals surface area (Å²) < 4.78 is 27.7.